The first-order chi connectivity index (χ1) is 12.0. The summed E-state index contributed by atoms with van der Waals surface area (Å²) >= 11 is 0. The van der Waals surface area contributed by atoms with Crippen LogP contribution in [0.25, 0.3) is 0 Å². The van der Waals surface area contributed by atoms with Gasteiger partial charge in [0.2, 0.25) is 0 Å². The first kappa shape index (κ1) is 17.2. The molecule has 9 heteroatoms. The summed E-state index contributed by atoms with van der Waals surface area (Å²) in [6.45, 7) is 3.41. The minimum absolute atomic E-state index is 0.0537. The molecule has 2 heterocycles. The van der Waals surface area contributed by atoms with E-state index in [1.165, 1.54) is 6.07 Å². The molecule has 1 saturated heterocycles. The number of piperazine rings is 1. The summed E-state index contributed by atoms with van der Waals surface area (Å²) in [5, 5.41) is 10.00. The van der Waals surface area contributed by atoms with Crippen molar-refractivity contribution in [3.63, 3.8) is 0 Å². The third-order valence-corrected chi connectivity index (χ3v) is 3.99. The summed E-state index contributed by atoms with van der Waals surface area (Å²) in [5.41, 5.74) is -0.518. The highest BCUT2D eigenvalue weighted by Crippen LogP contribution is 2.20. The van der Waals surface area contributed by atoms with Crippen LogP contribution in [0.4, 0.5) is 24.7 Å². The van der Waals surface area contributed by atoms with Crippen LogP contribution < -0.4 is 10.2 Å². The molecule has 1 aromatic carbocycles. The molecule has 2 aromatic rings. The van der Waals surface area contributed by atoms with Crippen LogP contribution in [0.3, 0.4) is 0 Å². The monoisotopic (exact) mass is 351 g/mol. The van der Waals surface area contributed by atoms with Crippen LogP contribution in [0.15, 0.2) is 24.3 Å². The van der Waals surface area contributed by atoms with E-state index in [4.69, 9.17) is 0 Å². The maximum Gasteiger partial charge on any atom is 0.276 e. The smallest absolute Gasteiger partial charge is 0.276 e. The van der Waals surface area contributed by atoms with Gasteiger partial charge in [0.25, 0.3) is 5.91 Å². The Hall–Kier alpha value is -2.68. The third-order valence-electron chi connectivity index (χ3n) is 3.99. The molecule has 1 aliphatic rings. The molecule has 1 N–H and O–H groups in total. The zero-order chi connectivity index (χ0) is 18.0. The number of benzene rings is 1. The van der Waals surface area contributed by atoms with Crippen LogP contribution in [0.2, 0.25) is 0 Å². The molecule has 0 unspecified atom stereocenters. The Balaban J connectivity index is 1.70. The molecule has 1 aromatic heterocycles. The Labute approximate surface area is 142 Å². The highest BCUT2D eigenvalue weighted by molar-refractivity contribution is 6.02. The second-order valence-electron chi connectivity index (χ2n) is 5.74. The summed E-state index contributed by atoms with van der Waals surface area (Å²) in [7, 11) is 2.04. The van der Waals surface area contributed by atoms with Crippen molar-refractivity contribution in [2.45, 2.75) is 0 Å². The molecule has 1 aliphatic heterocycles. The molecular weight excluding hydrogens is 335 g/mol. The number of nitrogens with zero attached hydrogens (tertiary/aromatic N) is 4. The maximum atomic E-state index is 13.6. The van der Waals surface area contributed by atoms with Gasteiger partial charge in [0.05, 0.1) is 5.69 Å². The van der Waals surface area contributed by atoms with Crippen molar-refractivity contribution < 1.29 is 18.0 Å². The molecular formula is C16H16F3N5O. The zero-order valence-electron chi connectivity index (χ0n) is 13.5. The number of likely N-dealkylation sites (N-methyl/N-ethyl adjacent to an activating group) is 1. The number of aromatic nitrogens is 2. The Bertz CT molecular complexity index is 776. The fraction of sp³-hybridized carbons (Fsp3) is 0.312. The van der Waals surface area contributed by atoms with Gasteiger partial charge in [-0.15, -0.1) is 10.2 Å². The van der Waals surface area contributed by atoms with Gasteiger partial charge in [-0.2, -0.15) is 0 Å². The number of halogens is 3. The van der Waals surface area contributed by atoms with Crippen molar-refractivity contribution in [3.05, 3.63) is 47.4 Å². The number of nitrogens with one attached hydrogen (secondary N) is 1. The van der Waals surface area contributed by atoms with Crippen LogP contribution in [0.1, 0.15) is 10.5 Å². The van der Waals surface area contributed by atoms with Gasteiger partial charge in [0.15, 0.2) is 29.0 Å². The van der Waals surface area contributed by atoms with Gasteiger partial charge in [-0.05, 0) is 31.3 Å². The third kappa shape index (κ3) is 3.71. The van der Waals surface area contributed by atoms with E-state index in [0.717, 1.165) is 38.3 Å². The second-order valence-corrected chi connectivity index (χ2v) is 5.74. The van der Waals surface area contributed by atoms with E-state index in [2.05, 4.69) is 20.4 Å². The van der Waals surface area contributed by atoms with Crippen molar-refractivity contribution in [2.24, 2.45) is 0 Å². The average Bonchev–Trinajstić information content (AvgIpc) is 2.63. The number of carbonyl (C=O) groups excluding carboxylic acids is 1. The van der Waals surface area contributed by atoms with Gasteiger partial charge in [-0.25, -0.2) is 13.2 Å². The molecule has 132 valence electrons. The van der Waals surface area contributed by atoms with Gasteiger partial charge in [0, 0.05) is 26.2 Å². The Morgan fingerprint density at radius 2 is 1.72 bits per heavy atom. The number of carbonyl (C=O) groups is 1. The lowest BCUT2D eigenvalue weighted by Gasteiger charge is -2.32. The van der Waals surface area contributed by atoms with Crippen molar-refractivity contribution in [1.82, 2.24) is 15.1 Å². The Morgan fingerprint density at radius 3 is 2.36 bits per heavy atom. The van der Waals surface area contributed by atoms with Crippen molar-refractivity contribution >= 4 is 17.4 Å². The van der Waals surface area contributed by atoms with Crippen LogP contribution in [0, 0.1) is 17.5 Å². The van der Waals surface area contributed by atoms with E-state index < -0.39 is 29.0 Å². The van der Waals surface area contributed by atoms with E-state index in [1.54, 1.807) is 6.07 Å². The molecule has 3 rings (SSSR count). The first-order valence-corrected chi connectivity index (χ1v) is 7.68. The molecule has 6 nitrogen and oxygen atoms in total. The van der Waals surface area contributed by atoms with E-state index in [9.17, 15) is 18.0 Å². The quantitative estimate of drug-likeness (QED) is 0.856. The minimum Gasteiger partial charge on any atom is -0.353 e. The van der Waals surface area contributed by atoms with Gasteiger partial charge in [0.1, 0.15) is 0 Å². The molecule has 0 spiro atoms. The standard InChI is InChI=1S/C16H16F3N5O/c1-23-6-8-24(9-7-23)13-5-4-12(21-22-13)16(25)20-11-3-2-10(17)14(18)15(11)19/h2-5H,6-9H2,1H3,(H,20,25). The summed E-state index contributed by atoms with van der Waals surface area (Å²) in [6.07, 6.45) is 0. The highest BCUT2D eigenvalue weighted by Gasteiger charge is 2.19. The Kier molecular flexibility index (Phi) is 4.84. The molecule has 0 radical (unpaired) electrons. The first-order valence-electron chi connectivity index (χ1n) is 7.68. The molecule has 0 bridgehead atoms. The largest absolute Gasteiger partial charge is 0.353 e. The van der Waals surface area contributed by atoms with Gasteiger partial charge in [-0.1, -0.05) is 0 Å². The van der Waals surface area contributed by atoms with E-state index in [0.29, 0.717) is 5.82 Å². The van der Waals surface area contributed by atoms with Crippen molar-refractivity contribution in [1.29, 1.82) is 0 Å². The fourth-order valence-corrected chi connectivity index (χ4v) is 2.46. The summed E-state index contributed by atoms with van der Waals surface area (Å²) in [4.78, 5) is 16.3. The molecule has 0 aliphatic carbocycles. The molecule has 1 amide bonds. The number of anilines is 2. The number of hydrogen-bond donors (Lipinski definition) is 1. The van der Waals surface area contributed by atoms with Crippen molar-refractivity contribution in [2.75, 3.05) is 43.4 Å². The second kappa shape index (κ2) is 7.06. The highest BCUT2D eigenvalue weighted by atomic mass is 19.2. The van der Waals surface area contributed by atoms with Gasteiger partial charge >= 0.3 is 0 Å². The number of amides is 1. The number of hydrogen-bond acceptors (Lipinski definition) is 5. The minimum atomic E-state index is -1.64. The van der Waals surface area contributed by atoms with E-state index in [-0.39, 0.29) is 5.69 Å². The zero-order valence-corrected chi connectivity index (χ0v) is 13.5. The molecule has 25 heavy (non-hydrogen) atoms. The summed E-state index contributed by atoms with van der Waals surface area (Å²) in [6, 6.07) is 4.77. The normalized spacial score (nSPS) is 15.3. The van der Waals surface area contributed by atoms with E-state index in [1.807, 2.05) is 11.9 Å². The topological polar surface area (TPSA) is 61.4 Å². The molecule has 0 atom stereocenters. The lowest BCUT2D eigenvalue weighted by Crippen LogP contribution is -2.44. The van der Waals surface area contributed by atoms with Crippen LogP contribution >= 0.6 is 0 Å². The Morgan fingerprint density at radius 1 is 1.00 bits per heavy atom. The van der Waals surface area contributed by atoms with E-state index >= 15 is 0 Å². The van der Waals surface area contributed by atoms with Crippen LogP contribution in [-0.2, 0) is 0 Å². The lowest BCUT2D eigenvalue weighted by atomic mass is 10.2. The SMILES string of the molecule is CN1CCN(c2ccc(C(=O)Nc3ccc(F)c(F)c3F)nn2)CC1. The predicted molar refractivity (Wildman–Crippen MR) is 86.0 cm³/mol. The van der Waals surface area contributed by atoms with Gasteiger partial charge < -0.3 is 15.1 Å². The lowest BCUT2D eigenvalue weighted by molar-refractivity contribution is 0.102. The molecule has 1 fully saturated rings. The van der Waals surface area contributed by atoms with Crippen LogP contribution in [-0.4, -0.2) is 54.2 Å². The molecule has 0 saturated carbocycles. The maximum absolute atomic E-state index is 13.6. The predicted octanol–water partition coefficient (Wildman–Crippen LogP) is 1.90. The number of rotatable bonds is 3. The average molecular weight is 351 g/mol. The summed E-state index contributed by atoms with van der Waals surface area (Å²) in [5.74, 6) is -4.55. The van der Waals surface area contributed by atoms with Crippen LogP contribution in [0.5, 0.6) is 0 Å². The van der Waals surface area contributed by atoms with Gasteiger partial charge in [-0.3, -0.25) is 4.79 Å². The van der Waals surface area contributed by atoms with Crippen molar-refractivity contribution in [3.8, 4) is 0 Å². The summed E-state index contributed by atoms with van der Waals surface area (Å²) < 4.78 is 39.7. The fourth-order valence-electron chi connectivity index (χ4n) is 2.46.